The molecule has 0 saturated heterocycles. The molecule has 86 valence electrons. The van der Waals surface area contributed by atoms with Gasteiger partial charge in [-0.1, -0.05) is 6.92 Å². The standard InChI is InChI=1S/C11H15N3OS/c1-9(5-12)7-16(15)8-10-2-3-14-11(4-10)6-13/h2-4,9H,5,7-8,12H2,1H3. The van der Waals surface area contributed by atoms with Crippen LogP contribution in [0.2, 0.25) is 0 Å². The maximum Gasteiger partial charge on any atom is 0.140 e. The summed E-state index contributed by atoms with van der Waals surface area (Å²) in [6.45, 7) is 2.52. The summed E-state index contributed by atoms with van der Waals surface area (Å²) in [6.07, 6.45) is 1.57. The van der Waals surface area contributed by atoms with Crippen LogP contribution >= 0.6 is 0 Å². The highest BCUT2D eigenvalue weighted by Gasteiger charge is 2.07. The predicted octanol–water partition coefficient (Wildman–Crippen LogP) is 0.797. The van der Waals surface area contributed by atoms with Gasteiger partial charge in [-0.25, -0.2) is 4.98 Å². The van der Waals surface area contributed by atoms with Crippen LogP contribution in [0, 0.1) is 17.2 Å². The molecule has 4 nitrogen and oxygen atoms in total. The number of hydrogen-bond acceptors (Lipinski definition) is 4. The van der Waals surface area contributed by atoms with Crippen molar-refractivity contribution in [3.05, 3.63) is 29.6 Å². The Kier molecular flexibility index (Phi) is 5.09. The molecule has 1 aromatic heterocycles. The zero-order valence-electron chi connectivity index (χ0n) is 9.22. The van der Waals surface area contributed by atoms with Crippen molar-refractivity contribution in [3.63, 3.8) is 0 Å². The van der Waals surface area contributed by atoms with E-state index in [0.717, 1.165) is 5.56 Å². The molecule has 0 aliphatic heterocycles. The monoisotopic (exact) mass is 237 g/mol. The lowest BCUT2D eigenvalue weighted by Gasteiger charge is -2.07. The first-order chi connectivity index (χ1) is 7.65. The van der Waals surface area contributed by atoms with Gasteiger partial charge in [0.15, 0.2) is 0 Å². The summed E-state index contributed by atoms with van der Waals surface area (Å²) >= 11 is 0. The molecule has 1 aromatic rings. The van der Waals surface area contributed by atoms with Gasteiger partial charge in [-0.3, -0.25) is 4.21 Å². The normalized spacial score (nSPS) is 14.1. The molecule has 16 heavy (non-hydrogen) atoms. The van der Waals surface area contributed by atoms with Crippen molar-refractivity contribution in [2.24, 2.45) is 11.7 Å². The third-order valence-electron chi connectivity index (χ3n) is 2.14. The average molecular weight is 237 g/mol. The smallest absolute Gasteiger partial charge is 0.140 e. The minimum Gasteiger partial charge on any atom is -0.330 e. The van der Waals surface area contributed by atoms with Gasteiger partial charge in [-0.2, -0.15) is 5.26 Å². The molecule has 5 heteroatoms. The number of nitrogens with two attached hydrogens (primary N) is 1. The Morgan fingerprint density at radius 2 is 2.44 bits per heavy atom. The van der Waals surface area contributed by atoms with Crippen molar-refractivity contribution in [1.82, 2.24) is 4.98 Å². The maximum absolute atomic E-state index is 11.7. The van der Waals surface area contributed by atoms with E-state index >= 15 is 0 Å². The molecule has 0 saturated carbocycles. The molecule has 0 bridgehead atoms. The Hall–Kier alpha value is -1.25. The van der Waals surface area contributed by atoms with Crippen LogP contribution in [0.5, 0.6) is 0 Å². The number of nitriles is 1. The lowest BCUT2D eigenvalue weighted by atomic mass is 10.2. The van der Waals surface area contributed by atoms with Gasteiger partial charge in [0.2, 0.25) is 0 Å². The lowest BCUT2D eigenvalue weighted by molar-refractivity contribution is 0.640. The van der Waals surface area contributed by atoms with Crippen LogP contribution in [0.25, 0.3) is 0 Å². The second-order valence-electron chi connectivity index (χ2n) is 3.75. The first-order valence-electron chi connectivity index (χ1n) is 5.05. The van der Waals surface area contributed by atoms with Crippen LogP contribution in [0.15, 0.2) is 18.3 Å². The molecule has 1 rings (SSSR count). The molecule has 2 unspecified atom stereocenters. The van der Waals surface area contributed by atoms with E-state index < -0.39 is 10.8 Å². The fourth-order valence-electron chi connectivity index (χ4n) is 1.26. The Morgan fingerprint density at radius 3 is 3.06 bits per heavy atom. The van der Waals surface area contributed by atoms with Crippen molar-refractivity contribution in [2.45, 2.75) is 12.7 Å². The molecule has 0 aromatic carbocycles. The third kappa shape index (κ3) is 4.09. The van der Waals surface area contributed by atoms with Gasteiger partial charge in [0.05, 0.1) is 0 Å². The van der Waals surface area contributed by atoms with Crippen LogP contribution in [-0.2, 0) is 16.6 Å². The Bertz CT molecular complexity index is 414. The van der Waals surface area contributed by atoms with Crippen molar-refractivity contribution in [2.75, 3.05) is 12.3 Å². The fraction of sp³-hybridized carbons (Fsp3) is 0.455. The average Bonchev–Trinajstić information content (AvgIpc) is 2.28. The quantitative estimate of drug-likeness (QED) is 0.821. The van der Waals surface area contributed by atoms with E-state index in [1.165, 1.54) is 0 Å². The van der Waals surface area contributed by atoms with Gasteiger partial charge in [-0.05, 0) is 30.2 Å². The SMILES string of the molecule is CC(CN)CS(=O)Cc1ccnc(C#N)c1. The summed E-state index contributed by atoms with van der Waals surface area (Å²) in [4.78, 5) is 3.86. The van der Waals surface area contributed by atoms with Crippen LogP contribution in [0.4, 0.5) is 0 Å². The van der Waals surface area contributed by atoms with Crippen LogP contribution < -0.4 is 5.73 Å². The van der Waals surface area contributed by atoms with E-state index in [9.17, 15) is 4.21 Å². The Labute approximate surface area is 97.9 Å². The summed E-state index contributed by atoms with van der Waals surface area (Å²) in [5, 5.41) is 8.67. The van der Waals surface area contributed by atoms with Crippen LogP contribution in [0.3, 0.4) is 0 Å². The Balaban J connectivity index is 2.60. The highest BCUT2D eigenvalue weighted by Crippen LogP contribution is 2.07. The largest absolute Gasteiger partial charge is 0.330 e. The van der Waals surface area contributed by atoms with Crippen molar-refractivity contribution in [1.29, 1.82) is 5.26 Å². The van der Waals surface area contributed by atoms with E-state index in [2.05, 4.69) is 4.98 Å². The molecule has 0 fully saturated rings. The predicted molar refractivity (Wildman–Crippen MR) is 63.9 cm³/mol. The van der Waals surface area contributed by atoms with E-state index in [0.29, 0.717) is 23.7 Å². The van der Waals surface area contributed by atoms with Crippen molar-refractivity contribution < 1.29 is 4.21 Å². The van der Waals surface area contributed by atoms with Crippen molar-refractivity contribution in [3.8, 4) is 6.07 Å². The minimum atomic E-state index is -0.928. The van der Waals surface area contributed by atoms with E-state index in [1.807, 2.05) is 13.0 Å². The van der Waals surface area contributed by atoms with E-state index in [-0.39, 0.29) is 5.92 Å². The molecule has 2 N–H and O–H groups in total. The molecule has 0 spiro atoms. The van der Waals surface area contributed by atoms with Gasteiger partial charge in [0.25, 0.3) is 0 Å². The molecule has 0 aliphatic rings. The first-order valence-corrected chi connectivity index (χ1v) is 6.54. The van der Waals surface area contributed by atoms with Gasteiger partial charge in [-0.15, -0.1) is 0 Å². The first kappa shape index (κ1) is 12.8. The van der Waals surface area contributed by atoms with Gasteiger partial charge < -0.3 is 5.73 Å². The Morgan fingerprint density at radius 1 is 1.69 bits per heavy atom. The second-order valence-corrected chi connectivity index (χ2v) is 5.25. The summed E-state index contributed by atoms with van der Waals surface area (Å²) in [7, 11) is -0.928. The van der Waals surface area contributed by atoms with Gasteiger partial charge >= 0.3 is 0 Å². The maximum atomic E-state index is 11.7. The third-order valence-corrected chi connectivity index (χ3v) is 3.74. The molecule has 0 radical (unpaired) electrons. The molecule has 1 heterocycles. The zero-order valence-corrected chi connectivity index (χ0v) is 10.0. The topological polar surface area (TPSA) is 79.8 Å². The lowest BCUT2D eigenvalue weighted by Crippen LogP contribution is -2.18. The number of pyridine rings is 1. The molecule has 0 aliphatic carbocycles. The molecular weight excluding hydrogens is 222 g/mol. The number of rotatable bonds is 5. The summed E-state index contributed by atoms with van der Waals surface area (Å²) in [5.41, 5.74) is 6.72. The molecule has 0 amide bonds. The van der Waals surface area contributed by atoms with Crippen LogP contribution in [0.1, 0.15) is 18.2 Å². The zero-order chi connectivity index (χ0) is 12.0. The van der Waals surface area contributed by atoms with E-state index in [4.69, 9.17) is 11.0 Å². The fourth-order valence-corrected chi connectivity index (χ4v) is 2.70. The van der Waals surface area contributed by atoms with Gasteiger partial charge in [0, 0.05) is 28.5 Å². The highest BCUT2D eigenvalue weighted by atomic mass is 32.2. The number of aromatic nitrogens is 1. The second kappa shape index (κ2) is 6.36. The highest BCUT2D eigenvalue weighted by molar-refractivity contribution is 7.84. The minimum absolute atomic E-state index is 0.262. The summed E-state index contributed by atoms with van der Waals surface area (Å²) in [6, 6.07) is 5.42. The number of nitrogens with zero attached hydrogens (tertiary/aromatic N) is 2. The van der Waals surface area contributed by atoms with Crippen LogP contribution in [-0.4, -0.2) is 21.5 Å². The number of hydrogen-bond donors (Lipinski definition) is 1. The summed E-state index contributed by atoms with van der Waals surface area (Å²) < 4.78 is 11.7. The van der Waals surface area contributed by atoms with E-state index in [1.54, 1.807) is 18.3 Å². The molecular formula is C11H15N3OS. The van der Waals surface area contributed by atoms with Gasteiger partial charge in [0.1, 0.15) is 11.8 Å². The molecule has 2 atom stereocenters. The summed E-state index contributed by atoms with van der Waals surface area (Å²) in [5.74, 6) is 1.32. The van der Waals surface area contributed by atoms with Crippen molar-refractivity contribution >= 4 is 10.8 Å².